The molecule has 0 saturated heterocycles. The van der Waals surface area contributed by atoms with Gasteiger partial charge in [0.1, 0.15) is 0 Å². The molecule has 0 N–H and O–H groups in total. The lowest BCUT2D eigenvalue weighted by atomic mass is 9.97. The summed E-state index contributed by atoms with van der Waals surface area (Å²) in [5, 5.41) is 9.97. The molecule has 0 aliphatic carbocycles. The van der Waals surface area contributed by atoms with E-state index in [0.717, 1.165) is 56.9 Å². The first kappa shape index (κ1) is 74.3. The molecule has 0 radical (unpaired) electrons. The Balaban J connectivity index is 0.000000145. The molecule has 0 saturated carbocycles. The first-order chi connectivity index (χ1) is 62.5. The topological polar surface area (TPSA) is 26.2 Å². The molecule has 0 fully saturated rings. The van der Waals surface area contributed by atoms with E-state index >= 15 is 0 Å². The van der Waals surface area contributed by atoms with Crippen molar-refractivity contribution < 1.29 is 0 Å². The molecule has 20 aromatic carbocycles. The van der Waals surface area contributed by atoms with Crippen molar-refractivity contribution in [2.45, 2.75) is 0 Å². The van der Waals surface area contributed by atoms with Gasteiger partial charge in [-0.2, -0.15) is 0 Å². The van der Waals surface area contributed by atoms with Crippen LogP contribution in [0.3, 0.4) is 0 Å². The van der Waals surface area contributed by atoms with Crippen LogP contribution in [-0.4, -0.2) is 18.3 Å². The molecule has 0 amide bonds. The molecule has 0 aliphatic rings. The van der Waals surface area contributed by atoms with Crippen molar-refractivity contribution in [3.63, 3.8) is 0 Å². The summed E-state index contributed by atoms with van der Waals surface area (Å²) in [6.45, 7) is 0. The van der Waals surface area contributed by atoms with Crippen LogP contribution in [0.2, 0.25) is 0 Å². The van der Waals surface area contributed by atoms with Crippen LogP contribution in [0.5, 0.6) is 0 Å². The van der Waals surface area contributed by atoms with Crippen LogP contribution >= 0.6 is 0 Å². The number of hydrogen-bond acceptors (Lipinski definition) is 2. The SMILES string of the molecule is c1ccc(-c2ccc(-c3ccc4c(c3)c3cc(-c5ccc(N(c6ccccc6)c6ccc(-n7c8ccccc8c8ccccc87)cc6)cc5)ccc3n4-c3ccccc3)cc2)cc1.c1ccc(-c2cccc(-c3ccc4c(c3)c3cc(-c5ccc(N(c6ccccc6)c6ccc(-n7c8ccccc8c8ccccc87)cc6)cc5)ccc3n4-c3ccccc3)c2)cc1. The molecule has 4 aromatic heterocycles. The second kappa shape index (κ2) is 32.0. The van der Waals surface area contributed by atoms with Gasteiger partial charge in [-0.05, 0) is 267 Å². The Labute approximate surface area is 731 Å². The number of aromatic nitrogens is 4. The van der Waals surface area contributed by atoms with Crippen LogP contribution in [0, 0.1) is 0 Å². The zero-order valence-electron chi connectivity index (χ0n) is 69.0. The van der Waals surface area contributed by atoms with Gasteiger partial charge in [0.05, 0.1) is 44.1 Å². The summed E-state index contributed by atoms with van der Waals surface area (Å²) in [5.41, 5.74) is 35.1. The van der Waals surface area contributed by atoms with Gasteiger partial charge >= 0.3 is 0 Å². The normalized spacial score (nSPS) is 11.5. The molecule has 24 aromatic rings. The average Bonchev–Trinajstić information content (AvgIpc) is 1.53. The third kappa shape index (κ3) is 13.5. The predicted molar refractivity (Wildman–Crippen MR) is 532 cm³/mol. The van der Waals surface area contributed by atoms with Crippen LogP contribution in [0.4, 0.5) is 34.1 Å². The third-order valence-electron chi connectivity index (χ3n) is 25.0. The molecule has 6 nitrogen and oxygen atoms in total. The van der Waals surface area contributed by atoms with Crippen molar-refractivity contribution in [3.05, 3.63) is 497 Å². The molecule has 4 heterocycles. The summed E-state index contributed by atoms with van der Waals surface area (Å²) in [7, 11) is 0. The molecule has 0 spiro atoms. The number of benzene rings is 20. The van der Waals surface area contributed by atoms with Crippen molar-refractivity contribution in [3.8, 4) is 89.5 Å². The number of para-hydroxylation sites is 8. The van der Waals surface area contributed by atoms with Crippen molar-refractivity contribution in [1.82, 2.24) is 18.3 Å². The molecule has 24 rings (SSSR count). The number of nitrogens with zero attached hydrogens (tertiary/aromatic N) is 6. The quantitative estimate of drug-likeness (QED) is 0.0964. The standard InChI is InChI=1S/2C60H41N3/c1-4-15-42(16-5-1)44-17-14-18-45(39-44)47-30-38-60-56(41-47)55-40-46(29-37-59(55)62(60)49-21-8-3-9-22-49)43-27-31-50(32-28-43)61(48-19-6-2-7-20-48)51-33-35-52(36-34-51)63-57-25-12-10-23-53(57)54-24-11-13-26-58(54)63;1-4-14-42(15-5-1)43-24-26-44(27-25-43)46-30-38-59-55(40-46)56-41-47(31-39-60(56)62(59)49-18-8-3-9-19-49)45-28-32-50(33-29-45)61(48-16-6-2-7-17-48)51-34-36-52(37-35-51)63-57-22-12-10-20-53(57)54-21-11-13-23-58(54)63/h2*1-41H. The highest BCUT2D eigenvalue weighted by Crippen LogP contribution is 2.45. The molecule has 126 heavy (non-hydrogen) atoms. The van der Waals surface area contributed by atoms with Crippen molar-refractivity contribution in [2.75, 3.05) is 9.80 Å². The van der Waals surface area contributed by atoms with Gasteiger partial charge in [-0.25, -0.2) is 0 Å². The van der Waals surface area contributed by atoms with Crippen LogP contribution in [0.15, 0.2) is 497 Å². The second-order valence-electron chi connectivity index (χ2n) is 32.4. The summed E-state index contributed by atoms with van der Waals surface area (Å²) in [4.78, 5) is 4.68. The van der Waals surface area contributed by atoms with Crippen LogP contribution in [-0.2, 0) is 0 Å². The van der Waals surface area contributed by atoms with Crippen LogP contribution < -0.4 is 9.80 Å². The van der Waals surface area contributed by atoms with Crippen molar-refractivity contribution in [2.24, 2.45) is 0 Å². The molecule has 0 atom stereocenters. The number of hydrogen-bond donors (Lipinski definition) is 0. The summed E-state index contributed by atoms with van der Waals surface area (Å²) in [5.74, 6) is 0. The maximum atomic E-state index is 2.39. The van der Waals surface area contributed by atoms with Gasteiger partial charge in [0.2, 0.25) is 0 Å². The number of rotatable bonds is 16. The minimum Gasteiger partial charge on any atom is -0.311 e. The third-order valence-corrected chi connectivity index (χ3v) is 25.0. The summed E-state index contributed by atoms with van der Waals surface area (Å²) < 4.78 is 9.53. The molecule has 0 bridgehead atoms. The maximum Gasteiger partial charge on any atom is 0.0541 e. The minimum atomic E-state index is 1.10. The summed E-state index contributed by atoms with van der Waals surface area (Å²) in [6, 6.07) is 180. The Bertz CT molecular complexity index is 8010. The second-order valence-corrected chi connectivity index (χ2v) is 32.4. The zero-order chi connectivity index (χ0) is 83.4. The lowest BCUT2D eigenvalue weighted by Gasteiger charge is -2.26. The lowest BCUT2D eigenvalue weighted by molar-refractivity contribution is 1.17. The zero-order valence-corrected chi connectivity index (χ0v) is 69.0. The highest BCUT2D eigenvalue weighted by Gasteiger charge is 2.23. The molecular weight excluding hydrogens is 1530 g/mol. The van der Waals surface area contributed by atoms with E-state index in [9.17, 15) is 0 Å². The summed E-state index contributed by atoms with van der Waals surface area (Å²) in [6.07, 6.45) is 0. The van der Waals surface area contributed by atoms with Crippen LogP contribution in [0.1, 0.15) is 0 Å². The Kier molecular flexibility index (Phi) is 18.8. The summed E-state index contributed by atoms with van der Waals surface area (Å²) >= 11 is 0. The van der Waals surface area contributed by atoms with Crippen molar-refractivity contribution in [1.29, 1.82) is 0 Å². The molecule has 0 unspecified atom stereocenters. The monoisotopic (exact) mass is 1610 g/mol. The van der Waals surface area contributed by atoms with E-state index in [-0.39, 0.29) is 0 Å². The Morgan fingerprint density at radius 3 is 0.611 bits per heavy atom. The van der Waals surface area contributed by atoms with E-state index in [0.29, 0.717) is 0 Å². The lowest BCUT2D eigenvalue weighted by Crippen LogP contribution is -2.10. The van der Waals surface area contributed by atoms with E-state index < -0.39 is 0 Å². The van der Waals surface area contributed by atoms with E-state index in [1.54, 1.807) is 0 Å². The fourth-order valence-electron chi connectivity index (χ4n) is 19.0. The maximum absolute atomic E-state index is 2.39. The average molecular weight is 1610 g/mol. The van der Waals surface area contributed by atoms with Crippen molar-refractivity contribution >= 4 is 121 Å². The van der Waals surface area contributed by atoms with Gasteiger partial charge in [0.25, 0.3) is 0 Å². The fraction of sp³-hybridized carbons (Fsp3) is 0. The largest absolute Gasteiger partial charge is 0.311 e. The van der Waals surface area contributed by atoms with Gasteiger partial charge < -0.3 is 28.1 Å². The van der Waals surface area contributed by atoms with E-state index in [4.69, 9.17) is 0 Å². The molecule has 6 heteroatoms. The minimum absolute atomic E-state index is 1.10. The van der Waals surface area contributed by atoms with Crippen LogP contribution in [0.25, 0.3) is 177 Å². The van der Waals surface area contributed by atoms with Gasteiger partial charge in [-0.1, -0.05) is 297 Å². The first-order valence-electron chi connectivity index (χ1n) is 43.2. The Morgan fingerprint density at radius 2 is 0.294 bits per heavy atom. The number of anilines is 6. The fourth-order valence-corrected chi connectivity index (χ4v) is 19.0. The molecule has 592 valence electrons. The predicted octanol–water partition coefficient (Wildman–Crippen LogP) is 32.7. The number of fused-ring (bicyclic) bond motifs is 12. The van der Waals surface area contributed by atoms with Gasteiger partial charge in [-0.3, -0.25) is 0 Å². The van der Waals surface area contributed by atoms with E-state index in [2.05, 4.69) is 526 Å². The molecule has 0 aliphatic heterocycles. The van der Waals surface area contributed by atoms with Gasteiger partial charge in [0, 0.05) is 100.0 Å². The molecular formula is C120H82N6. The smallest absolute Gasteiger partial charge is 0.0541 e. The Hall–Kier alpha value is -16.8. The highest BCUT2D eigenvalue weighted by molar-refractivity contribution is 6.15. The van der Waals surface area contributed by atoms with E-state index in [1.165, 1.54) is 154 Å². The van der Waals surface area contributed by atoms with E-state index in [1.807, 2.05) is 0 Å². The van der Waals surface area contributed by atoms with Gasteiger partial charge in [-0.15, -0.1) is 0 Å². The first-order valence-corrected chi connectivity index (χ1v) is 43.2. The van der Waals surface area contributed by atoms with Gasteiger partial charge in [0.15, 0.2) is 0 Å². The highest BCUT2D eigenvalue weighted by atomic mass is 15.2. The Morgan fingerprint density at radius 1 is 0.111 bits per heavy atom.